The van der Waals surface area contributed by atoms with Crippen LogP contribution in [0, 0.1) is 0 Å². The van der Waals surface area contributed by atoms with Crippen LogP contribution < -0.4 is 20.2 Å². The fourth-order valence-electron chi connectivity index (χ4n) is 2.00. The molecule has 26 heavy (non-hydrogen) atoms. The Morgan fingerprint density at radius 1 is 1.08 bits per heavy atom. The summed E-state index contributed by atoms with van der Waals surface area (Å²) in [5.74, 6) is -0.719. The number of hydrazone groups is 1. The lowest BCUT2D eigenvalue weighted by Gasteiger charge is -2.05. The number of rotatable bonds is 6. The molecule has 8 nitrogen and oxygen atoms in total. The lowest BCUT2D eigenvalue weighted by Crippen LogP contribution is -2.37. The fourth-order valence-corrected chi connectivity index (χ4v) is 2.00. The monoisotopic (exact) mass is 357 g/mol. The van der Waals surface area contributed by atoms with Crippen LogP contribution in [0.2, 0.25) is 0 Å². The van der Waals surface area contributed by atoms with Gasteiger partial charge in [-0.1, -0.05) is 12.1 Å². The third-order valence-corrected chi connectivity index (χ3v) is 3.40. The van der Waals surface area contributed by atoms with Crippen LogP contribution in [-0.2, 0) is 16.1 Å². The predicted octanol–water partition coefficient (Wildman–Crippen LogP) is 1.18. The van der Waals surface area contributed by atoms with E-state index in [1.165, 1.54) is 25.5 Å². The molecule has 0 atom stereocenters. The summed E-state index contributed by atoms with van der Waals surface area (Å²) in [6.45, 7) is 0.203. The van der Waals surface area contributed by atoms with Crippen molar-refractivity contribution in [1.29, 1.82) is 0 Å². The third kappa shape index (κ3) is 5.23. The lowest BCUT2D eigenvalue weighted by molar-refractivity contribution is -0.139. The van der Waals surface area contributed by atoms with E-state index in [4.69, 9.17) is 9.47 Å². The highest BCUT2D eigenvalue weighted by Crippen LogP contribution is 2.25. The number of ether oxygens (including phenoxy) is 2. The summed E-state index contributed by atoms with van der Waals surface area (Å²) in [7, 11) is 2.99. The second-order valence-corrected chi connectivity index (χ2v) is 5.16. The molecule has 2 aromatic carbocycles. The van der Waals surface area contributed by atoms with E-state index < -0.39 is 11.8 Å². The summed E-state index contributed by atoms with van der Waals surface area (Å²) < 4.78 is 10.0. The molecule has 0 aliphatic rings. The summed E-state index contributed by atoms with van der Waals surface area (Å²) in [4.78, 5) is 23.5. The number of hydrogen-bond acceptors (Lipinski definition) is 6. The topological polar surface area (TPSA) is 109 Å². The van der Waals surface area contributed by atoms with Gasteiger partial charge in [0.2, 0.25) is 0 Å². The minimum Gasteiger partial charge on any atom is -0.504 e. The van der Waals surface area contributed by atoms with E-state index in [9.17, 15) is 14.7 Å². The Labute approximate surface area is 150 Å². The maximum atomic E-state index is 11.8. The van der Waals surface area contributed by atoms with Crippen LogP contribution in [0.1, 0.15) is 11.1 Å². The number of carbonyl (C=O) groups is 2. The summed E-state index contributed by atoms with van der Waals surface area (Å²) in [6.07, 6.45) is 1.33. The van der Waals surface area contributed by atoms with Gasteiger partial charge in [0, 0.05) is 6.54 Å². The molecule has 2 aromatic rings. The van der Waals surface area contributed by atoms with Gasteiger partial charge in [0.15, 0.2) is 11.5 Å². The van der Waals surface area contributed by atoms with Crippen molar-refractivity contribution in [2.75, 3.05) is 14.2 Å². The van der Waals surface area contributed by atoms with E-state index >= 15 is 0 Å². The van der Waals surface area contributed by atoms with Gasteiger partial charge in [-0.15, -0.1) is 0 Å². The van der Waals surface area contributed by atoms with Gasteiger partial charge in [-0.2, -0.15) is 5.10 Å². The molecule has 0 unspecified atom stereocenters. The van der Waals surface area contributed by atoms with Crippen LogP contribution in [0.5, 0.6) is 17.2 Å². The summed E-state index contributed by atoms with van der Waals surface area (Å²) in [5, 5.41) is 15.7. The van der Waals surface area contributed by atoms with Gasteiger partial charge in [0.1, 0.15) is 5.75 Å². The Morgan fingerprint density at radius 2 is 1.81 bits per heavy atom. The predicted molar refractivity (Wildman–Crippen MR) is 95.2 cm³/mol. The van der Waals surface area contributed by atoms with Crippen molar-refractivity contribution in [2.24, 2.45) is 5.10 Å². The Balaban J connectivity index is 1.83. The van der Waals surface area contributed by atoms with Crippen molar-refractivity contribution in [3.63, 3.8) is 0 Å². The molecule has 2 amide bonds. The van der Waals surface area contributed by atoms with Gasteiger partial charge in [-0.05, 0) is 41.5 Å². The second-order valence-electron chi connectivity index (χ2n) is 5.16. The van der Waals surface area contributed by atoms with Crippen molar-refractivity contribution >= 4 is 18.0 Å². The zero-order valence-electron chi connectivity index (χ0n) is 14.4. The minimum atomic E-state index is -0.888. The molecular formula is C18H19N3O5. The Morgan fingerprint density at radius 3 is 2.46 bits per heavy atom. The van der Waals surface area contributed by atoms with E-state index in [-0.39, 0.29) is 18.0 Å². The van der Waals surface area contributed by atoms with Crippen LogP contribution in [0.3, 0.4) is 0 Å². The number of hydrogen-bond donors (Lipinski definition) is 3. The number of nitrogens with one attached hydrogen (secondary N) is 2. The maximum absolute atomic E-state index is 11.8. The SMILES string of the molecule is COc1ccc(CNC(=O)C(=O)N/N=C/c2ccc(O)c(OC)c2)cc1. The minimum absolute atomic E-state index is 0.00778. The molecule has 0 bridgehead atoms. The molecule has 3 N–H and O–H groups in total. The first-order valence-corrected chi connectivity index (χ1v) is 7.64. The van der Waals surface area contributed by atoms with E-state index in [0.29, 0.717) is 11.3 Å². The van der Waals surface area contributed by atoms with Crippen molar-refractivity contribution in [2.45, 2.75) is 6.54 Å². The van der Waals surface area contributed by atoms with Crippen molar-refractivity contribution in [1.82, 2.24) is 10.7 Å². The molecule has 136 valence electrons. The fraction of sp³-hybridized carbons (Fsp3) is 0.167. The van der Waals surface area contributed by atoms with Crippen LogP contribution in [-0.4, -0.2) is 37.4 Å². The smallest absolute Gasteiger partial charge is 0.329 e. The van der Waals surface area contributed by atoms with E-state index in [2.05, 4.69) is 15.8 Å². The first-order valence-electron chi connectivity index (χ1n) is 7.64. The second kappa shape index (κ2) is 9.07. The van der Waals surface area contributed by atoms with Crippen molar-refractivity contribution in [3.05, 3.63) is 53.6 Å². The van der Waals surface area contributed by atoms with Gasteiger partial charge >= 0.3 is 11.8 Å². The zero-order chi connectivity index (χ0) is 18.9. The molecule has 2 rings (SSSR count). The Kier molecular flexibility index (Phi) is 6.55. The van der Waals surface area contributed by atoms with Gasteiger partial charge in [0.05, 0.1) is 20.4 Å². The number of aromatic hydroxyl groups is 1. The lowest BCUT2D eigenvalue weighted by atomic mass is 10.2. The number of nitrogens with zero attached hydrogens (tertiary/aromatic N) is 1. The van der Waals surface area contributed by atoms with Crippen LogP contribution in [0.4, 0.5) is 0 Å². The number of amides is 2. The van der Waals surface area contributed by atoms with Gasteiger partial charge < -0.3 is 19.9 Å². The molecule has 0 saturated carbocycles. The molecule has 0 spiro atoms. The first kappa shape index (κ1) is 18.8. The average Bonchev–Trinajstić information content (AvgIpc) is 2.67. The van der Waals surface area contributed by atoms with Crippen LogP contribution in [0.25, 0.3) is 0 Å². The molecule has 0 heterocycles. The maximum Gasteiger partial charge on any atom is 0.329 e. The Bertz CT molecular complexity index is 803. The number of benzene rings is 2. The van der Waals surface area contributed by atoms with Crippen molar-refractivity contribution < 1.29 is 24.2 Å². The first-order chi connectivity index (χ1) is 12.5. The number of phenolic OH excluding ortho intramolecular Hbond substituents is 1. The molecule has 0 aromatic heterocycles. The average molecular weight is 357 g/mol. The highest BCUT2D eigenvalue weighted by atomic mass is 16.5. The van der Waals surface area contributed by atoms with Crippen LogP contribution in [0.15, 0.2) is 47.6 Å². The molecule has 0 saturated heterocycles. The molecule has 8 heteroatoms. The van der Waals surface area contributed by atoms with E-state index in [0.717, 1.165) is 5.56 Å². The highest BCUT2D eigenvalue weighted by molar-refractivity contribution is 6.35. The third-order valence-electron chi connectivity index (χ3n) is 3.40. The molecule has 0 fully saturated rings. The van der Waals surface area contributed by atoms with Gasteiger partial charge in [-0.25, -0.2) is 5.43 Å². The van der Waals surface area contributed by atoms with E-state index in [1.807, 2.05) is 0 Å². The normalized spacial score (nSPS) is 10.4. The van der Waals surface area contributed by atoms with Crippen molar-refractivity contribution in [3.8, 4) is 17.2 Å². The number of methoxy groups -OCH3 is 2. The number of carbonyl (C=O) groups excluding carboxylic acids is 2. The zero-order valence-corrected chi connectivity index (χ0v) is 14.4. The Hall–Kier alpha value is -3.55. The van der Waals surface area contributed by atoms with Gasteiger partial charge in [0.25, 0.3) is 0 Å². The van der Waals surface area contributed by atoms with E-state index in [1.54, 1.807) is 37.4 Å². The quantitative estimate of drug-likeness (QED) is 0.409. The number of phenols is 1. The molecule has 0 aliphatic carbocycles. The standard InChI is InChI=1S/C18H19N3O5/c1-25-14-6-3-12(4-7-14)10-19-17(23)18(24)21-20-11-13-5-8-15(22)16(9-13)26-2/h3-9,11,22H,10H2,1-2H3,(H,19,23)(H,21,24)/b20-11+. The molecular weight excluding hydrogens is 338 g/mol. The van der Waals surface area contributed by atoms with Crippen LogP contribution >= 0.6 is 0 Å². The molecule has 0 radical (unpaired) electrons. The summed E-state index contributed by atoms with van der Waals surface area (Å²) in [5.41, 5.74) is 3.54. The summed E-state index contributed by atoms with van der Waals surface area (Å²) in [6, 6.07) is 11.6. The highest BCUT2D eigenvalue weighted by Gasteiger charge is 2.12. The van der Waals surface area contributed by atoms with Gasteiger partial charge in [-0.3, -0.25) is 9.59 Å². The summed E-state index contributed by atoms with van der Waals surface area (Å²) >= 11 is 0. The molecule has 0 aliphatic heterocycles. The largest absolute Gasteiger partial charge is 0.504 e.